The maximum atomic E-state index is 3.69. The van der Waals surface area contributed by atoms with Crippen LogP contribution in [0.15, 0.2) is 4.99 Å². The first kappa shape index (κ1) is 5.47. The molecule has 0 rings (SSSR count). The second kappa shape index (κ2) is 4.47. The van der Waals surface area contributed by atoms with E-state index in [9.17, 15) is 0 Å². The molecule has 6 heavy (non-hydrogen) atoms. The van der Waals surface area contributed by atoms with Gasteiger partial charge in [0.2, 0.25) is 0 Å². The molecule has 36 valence electrons. The minimum atomic E-state index is 0.956. The molecule has 0 aromatic heterocycles. The Morgan fingerprint density at radius 1 is 1.83 bits per heavy atom. The van der Waals surface area contributed by atoms with Crippen molar-refractivity contribution in [2.75, 3.05) is 13.6 Å². The Hall–Kier alpha value is -0.530. The van der Waals surface area contributed by atoms with Gasteiger partial charge in [0, 0.05) is 13.6 Å². The molecule has 0 unspecified atom stereocenters. The SMILES string of the molecule is CCNC=NC. The summed E-state index contributed by atoms with van der Waals surface area (Å²) in [6.45, 7) is 2.99. The standard InChI is InChI=1S/C4H10N2/c1-3-6-4-5-2/h4H,3H2,1-2H3,(H,5,6). The normalized spacial score (nSPS) is 9.67. The molecule has 2 heteroatoms. The van der Waals surface area contributed by atoms with E-state index in [-0.39, 0.29) is 0 Å². The van der Waals surface area contributed by atoms with E-state index in [0.717, 1.165) is 6.54 Å². The molecule has 0 spiro atoms. The lowest BCUT2D eigenvalue weighted by Crippen LogP contribution is -2.08. The Bertz CT molecular complexity index is 40.8. The molecule has 0 aliphatic heterocycles. The van der Waals surface area contributed by atoms with E-state index in [4.69, 9.17) is 0 Å². The lowest BCUT2D eigenvalue weighted by atomic mass is 10.8. The topological polar surface area (TPSA) is 24.4 Å². The Labute approximate surface area is 38.3 Å². The molecule has 0 aromatic carbocycles. The number of nitrogens with one attached hydrogen (secondary N) is 1. The van der Waals surface area contributed by atoms with Crippen LogP contribution in [0.3, 0.4) is 0 Å². The van der Waals surface area contributed by atoms with Gasteiger partial charge in [0.1, 0.15) is 0 Å². The van der Waals surface area contributed by atoms with E-state index in [1.807, 2.05) is 6.92 Å². The van der Waals surface area contributed by atoms with Gasteiger partial charge in [0.15, 0.2) is 0 Å². The van der Waals surface area contributed by atoms with Gasteiger partial charge >= 0.3 is 0 Å². The van der Waals surface area contributed by atoms with Crippen molar-refractivity contribution in [1.29, 1.82) is 0 Å². The summed E-state index contributed by atoms with van der Waals surface area (Å²) < 4.78 is 0. The largest absolute Gasteiger partial charge is 0.377 e. The van der Waals surface area contributed by atoms with Crippen LogP contribution in [0.25, 0.3) is 0 Å². The molecule has 0 saturated heterocycles. The summed E-state index contributed by atoms with van der Waals surface area (Å²) in [4.78, 5) is 3.69. The first-order chi connectivity index (χ1) is 2.91. The molecular weight excluding hydrogens is 76.1 g/mol. The maximum absolute atomic E-state index is 3.69. The van der Waals surface area contributed by atoms with Gasteiger partial charge in [-0.05, 0) is 6.92 Å². The van der Waals surface area contributed by atoms with Crippen LogP contribution in [-0.2, 0) is 0 Å². The van der Waals surface area contributed by atoms with Crippen molar-refractivity contribution in [3.05, 3.63) is 0 Å². The highest BCUT2D eigenvalue weighted by Crippen LogP contribution is 1.45. The van der Waals surface area contributed by atoms with Crippen LogP contribution in [0.5, 0.6) is 0 Å². The average Bonchev–Trinajstić information content (AvgIpc) is 1.61. The van der Waals surface area contributed by atoms with Crippen LogP contribution in [0.1, 0.15) is 6.92 Å². The minimum absolute atomic E-state index is 0.956. The van der Waals surface area contributed by atoms with Crippen LogP contribution >= 0.6 is 0 Å². The van der Waals surface area contributed by atoms with E-state index < -0.39 is 0 Å². The molecule has 0 heterocycles. The quantitative estimate of drug-likeness (QED) is 0.378. The zero-order valence-corrected chi connectivity index (χ0v) is 4.23. The molecule has 0 aliphatic carbocycles. The molecule has 1 N–H and O–H groups in total. The molecule has 0 fully saturated rings. The molecule has 0 aromatic rings. The molecule has 2 nitrogen and oxygen atoms in total. The number of hydrogen-bond acceptors (Lipinski definition) is 1. The zero-order valence-electron chi connectivity index (χ0n) is 4.23. The van der Waals surface area contributed by atoms with E-state index in [0.29, 0.717) is 0 Å². The maximum Gasteiger partial charge on any atom is 0.0820 e. The fraction of sp³-hybridized carbons (Fsp3) is 0.750. The summed E-state index contributed by atoms with van der Waals surface area (Å²) in [7, 11) is 1.74. The second-order valence-electron chi connectivity index (χ2n) is 0.945. The smallest absolute Gasteiger partial charge is 0.0820 e. The van der Waals surface area contributed by atoms with Crippen LogP contribution in [0, 0.1) is 0 Å². The third-order valence-corrected chi connectivity index (χ3v) is 0.425. The number of aliphatic imine (C=N–C) groups is 1. The lowest BCUT2D eigenvalue weighted by molar-refractivity contribution is 0.984. The van der Waals surface area contributed by atoms with Gasteiger partial charge in [0.25, 0.3) is 0 Å². The van der Waals surface area contributed by atoms with Gasteiger partial charge in [-0.15, -0.1) is 0 Å². The predicted molar refractivity (Wildman–Crippen MR) is 28.1 cm³/mol. The van der Waals surface area contributed by atoms with Crippen molar-refractivity contribution in [3.63, 3.8) is 0 Å². The molecule has 0 radical (unpaired) electrons. The molecule has 0 saturated carbocycles. The average molecular weight is 86.1 g/mol. The zero-order chi connectivity index (χ0) is 4.83. The summed E-state index contributed by atoms with van der Waals surface area (Å²) in [6.07, 6.45) is 1.68. The van der Waals surface area contributed by atoms with Crippen molar-refractivity contribution in [1.82, 2.24) is 5.32 Å². The van der Waals surface area contributed by atoms with Gasteiger partial charge in [-0.25, -0.2) is 0 Å². The van der Waals surface area contributed by atoms with Gasteiger partial charge in [-0.1, -0.05) is 0 Å². The van der Waals surface area contributed by atoms with Crippen molar-refractivity contribution >= 4 is 6.34 Å². The van der Waals surface area contributed by atoms with Gasteiger partial charge < -0.3 is 5.32 Å². The van der Waals surface area contributed by atoms with Crippen LogP contribution in [0.2, 0.25) is 0 Å². The van der Waals surface area contributed by atoms with Crippen molar-refractivity contribution in [2.45, 2.75) is 6.92 Å². The minimum Gasteiger partial charge on any atom is -0.377 e. The first-order valence-corrected chi connectivity index (χ1v) is 2.05. The fourth-order valence-corrected chi connectivity index (χ4v) is 0.183. The lowest BCUT2D eigenvalue weighted by Gasteiger charge is -1.84. The highest BCUT2D eigenvalue weighted by Gasteiger charge is 1.59. The Kier molecular flexibility index (Phi) is 4.08. The summed E-state index contributed by atoms with van der Waals surface area (Å²) in [5, 5.41) is 2.91. The number of rotatable bonds is 2. The Morgan fingerprint density at radius 2 is 2.50 bits per heavy atom. The fourth-order valence-electron chi connectivity index (χ4n) is 0.183. The third-order valence-electron chi connectivity index (χ3n) is 0.425. The van der Waals surface area contributed by atoms with Gasteiger partial charge in [0.05, 0.1) is 6.34 Å². The summed E-state index contributed by atoms with van der Waals surface area (Å²) in [5.74, 6) is 0. The van der Waals surface area contributed by atoms with Crippen LogP contribution in [0.4, 0.5) is 0 Å². The van der Waals surface area contributed by atoms with E-state index in [2.05, 4.69) is 10.3 Å². The Balaban J connectivity index is 2.66. The van der Waals surface area contributed by atoms with Crippen molar-refractivity contribution in [3.8, 4) is 0 Å². The monoisotopic (exact) mass is 86.1 g/mol. The first-order valence-electron chi connectivity index (χ1n) is 2.05. The van der Waals surface area contributed by atoms with Crippen LogP contribution < -0.4 is 5.32 Å². The number of nitrogens with zero attached hydrogens (tertiary/aromatic N) is 1. The van der Waals surface area contributed by atoms with Crippen molar-refractivity contribution in [2.24, 2.45) is 4.99 Å². The summed E-state index contributed by atoms with van der Waals surface area (Å²) >= 11 is 0. The Morgan fingerprint density at radius 3 is 2.67 bits per heavy atom. The highest BCUT2D eigenvalue weighted by atomic mass is 14.9. The molecular formula is C4H10N2. The highest BCUT2D eigenvalue weighted by molar-refractivity contribution is 5.53. The summed E-state index contributed by atoms with van der Waals surface area (Å²) in [5.41, 5.74) is 0. The molecule has 0 atom stereocenters. The second-order valence-corrected chi connectivity index (χ2v) is 0.945. The molecule has 0 aliphatic rings. The van der Waals surface area contributed by atoms with Gasteiger partial charge in [-0.2, -0.15) is 0 Å². The van der Waals surface area contributed by atoms with Crippen LogP contribution in [-0.4, -0.2) is 19.9 Å². The molecule has 0 bridgehead atoms. The van der Waals surface area contributed by atoms with E-state index in [1.54, 1.807) is 13.4 Å². The number of hydrogen-bond donors (Lipinski definition) is 1. The van der Waals surface area contributed by atoms with E-state index in [1.165, 1.54) is 0 Å². The van der Waals surface area contributed by atoms with Crippen molar-refractivity contribution < 1.29 is 0 Å². The van der Waals surface area contributed by atoms with Gasteiger partial charge in [-0.3, -0.25) is 4.99 Å². The summed E-state index contributed by atoms with van der Waals surface area (Å²) in [6, 6.07) is 0. The molecule has 0 amide bonds. The van der Waals surface area contributed by atoms with E-state index >= 15 is 0 Å². The predicted octanol–water partition coefficient (Wildman–Crippen LogP) is 0.254. The third kappa shape index (κ3) is 3.47.